The van der Waals surface area contributed by atoms with Crippen LogP contribution in [0.3, 0.4) is 0 Å². The maximum Gasteiger partial charge on any atom is 0.435 e. The van der Waals surface area contributed by atoms with E-state index in [0.717, 1.165) is 0 Å². The van der Waals surface area contributed by atoms with Gasteiger partial charge >= 0.3 is 6.18 Å². The number of halogens is 3. The van der Waals surface area contributed by atoms with Crippen LogP contribution in [0.1, 0.15) is 37.7 Å². The van der Waals surface area contributed by atoms with E-state index in [4.69, 9.17) is 4.42 Å². The van der Waals surface area contributed by atoms with Crippen LogP contribution in [0.25, 0.3) is 16.9 Å². The number of carbonyl (C=O) groups excluding carboxylic acids is 2. The zero-order valence-electron chi connectivity index (χ0n) is 17.4. The Labute approximate surface area is 190 Å². The zero-order chi connectivity index (χ0) is 23.9. The van der Waals surface area contributed by atoms with E-state index < -0.39 is 23.7 Å². The highest BCUT2D eigenvalue weighted by Gasteiger charge is 2.41. The van der Waals surface area contributed by atoms with Crippen molar-refractivity contribution in [1.29, 1.82) is 0 Å². The Morgan fingerprint density at radius 1 is 0.912 bits per heavy atom. The molecule has 4 aromatic rings. The molecule has 0 saturated carbocycles. The first-order valence-corrected chi connectivity index (χ1v) is 10.2. The van der Waals surface area contributed by atoms with Gasteiger partial charge in [0.2, 0.25) is 0 Å². The third-order valence-corrected chi connectivity index (χ3v) is 5.46. The summed E-state index contributed by atoms with van der Waals surface area (Å²) < 4.78 is 47.6. The van der Waals surface area contributed by atoms with Gasteiger partial charge in [0.25, 0.3) is 11.8 Å². The maximum absolute atomic E-state index is 13.7. The average Bonchev–Trinajstić information content (AvgIpc) is 3.47. The van der Waals surface area contributed by atoms with Crippen LogP contribution < -0.4 is 10.9 Å². The molecule has 172 valence electrons. The van der Waals surface area contributed by atoms with Gasteiger partial charge in [0.15, 0.2) is 5.69 Å². The van der Waals surface area contributed by atoms with Crippen molar-refractivity contribution >= 4 is 11.8 Å². The number of aryl methyl sites for hydroxylation is 1. The normalized spacial score (nSPS) is 12.6. The molecular weight excluding hydrogens is 451 g/mol. The first-order chi connectivity index (χ1) is 16.3. The molecule has 34 heavy (non-hydrogen) atoms. The van der Waals surface area contributed by atoms with Gasteiger partial charge in [0.1, 0.15) is 5.76 Å². The predicted molar refractivity (Wildman–Crippen MR) is 113 cm³/mol. The standard InChI is InChI=1S/C23H16F3N5O3/c24-23(25,26)20-17-5-6-18-16(9-12-34-18)19(17)31(30-20)15-3-1-13(2-4-15)21(32)28-29-22(33)14-7-10-27-11-8-14/h1-4,7-12H,5-6H2,(H,28,32)(H,29,33). The van der Waals surface area contributed by atoms with Gasteiger partial charge in [-0.15, -0.1) is 0 Å². The number of hydrogen-bond acceptors (Lipinski definition) is 5. The molecule has 0 aliphatic heterocycles. The summed E-state index contributed by atoms with van der Waals surface area (Å²) in [5.74, 6) is -0.515. The number of pyridine rings is 1. The molecule has 2 N–H and O–H groups in total. The number of alkyl halides is 3. The SMILES string of the molecule is O=C(NNC(=O)c1ccc(-n2nc(C(F)(F)F)c3c2-c2ccoc2CC3)cc1)c1ccncc1. The number of hydrazine groups is 1. The number of nitrogens with one attached hydrogen (secondary N) is 2. The Bertz CT molecular complexity index is 1380. The van der Waals surface area contributed by atoms with Gasteiger partial charge < -0.3 is 4.42 Å². The second-order valence-corrected chi connectivity index (χ2v) is 7.53. The van der Waals surface area contributed by atoms with Gasteiger partial charge in [-0.3, -0.25) is 25.4 Å². The predicted octanol–water partition coefficient (Wildman–Crippen LogP) is 3.72. The van der Waals surface area contributed by atoms with Gasteiger partial charge in [0, 0.05) is 41.1 Å². The van der Waals surface area contributed by atoms with Crippen LogP contribution in [0.4, 0.5) is 13.2 Å². The van der Waals surface area contributed by atoms with E-state index in [2.05, 4.69) is 20.9 Å². The van der Waals surface area contributed by atoms with Crippen LogP contribution in [-0.2, 0) is 19.0 Å². The number of hydrogen-bond donors (Lipinski definition) is 2. The van der Waals surface area contributed by atoms with Crippen molar-refractivity contribution in [2.75, 3.05) is 0 Å². The summed E-state index contributed by atoms with van der Waals surface area (Å²) in [5, 5.41) is 3.87. The first-order valence-electron chi connectivity index (χ1n) is 10.2. The lowest BCUT2D eigenvalue weighted by molar-refractivity contribution is -0.142. The van der Waals surface area contributed by atoms with Crippen LogP contribution in [0.15, 0.2) is 65.5 Å². The summed E-state index contributed by atoms with van der Waals surface area (Å²) >= 11 is 0. The number of furan rings is 1. The molecule has 1 aliphatic rings. The van der Waals surface area contributed by atoms with Crippen molar-refractivity contribution in [3.05, 3.63) is 89.3 Å². The van der Waals surface area contributed by atoms with Gasteiger partial charge in [-0.25, -0.2) is 4.68 Å². The Hall–Kier alpha value is -4.41. The highest BCUT2D eigenvalue weighted by atomic mass is 19.4. The number of aromatic nitrogens is 3. The van der Waals surface area contributed by atoms with Crippen molar-refractivity contribution in [1.82, 2.24) is 25.6 Å². The topological polar surface area (TPSA) is 102 Å². The number of carbonyl (C=O) groups is 2. The van der Waals surface area contributed by atoms with E-state index in [1.807, 2.05) is 0 Å². The Morgan fingerprint density at radius 3 is 2.21 bits per heavy atom. The quantitative estimate of drug-likeness (QED) is 0.447. The molecule has 3 aromatic heterocycles. The average molecular weight is 467 g/mol. The monoisotopic (exact) mass is 467 g/mol. The molecular formula is C23H16F3N5O3. The number of nitrogens with zero attached hydrogens (tertiary/aromatic N) is 3. The molecule has 0 atom stereocenters. The van der Waals surface area contributed by atoms with Crippen molar-refractivity contribution < 1.29 is 27.2 Å². The summed E-state index contributed by atoms with van der Waals surface area (Å²) in [6.07, 6.45) is 0.235. The summed E-state index contributed by atoms with van der Waals surface area (Å²) in [7, 11) is 0. The minimum absolute atomic E-state index is 0.113. The molecule has 1 aromatic carbocycles. The van der Waals surface area contributed by atoms with Crippen molar-refractivity contribution in [3.63, 3.8) is 0 Å². The van der Waals surface area contributed by atoms with Crippen LogP contribution >= 0.6 is 0 Å². The third-order valence-electron chi connectivity index (χ3n) is 5.46. The fourth-order valence-corrected chi connectivity index (χ4v) is 3.88. The summed E-state index contributed by atoms with van der Waals surface area (Å²) in [6, 6.07) is 10.4. The number of amides is 2. The second kappa shape index (κ2) is 8.18. The highest BCUT2D eigenvalue weighted by Crippen LogP contribution is 2.42. The zero-order valence-corrected chi connectivity index (χ0v) is 17.4. The minimum Gasteiger partial charge on any atom is -0.469 e. The van der Waals surface area contributed by atoms with Crippen LogP contribution in [-0.4, -0.2) is 26.6 Å². The molecule has 0 unspecified atom stereocenters. The van der Waals surface area contributed by atoms with Gasteiger partial charge in [-0.05, 0) is 48.9 Å². The van der Waals surface area contributed by atoms with Crippen LogP contribution in [0, 0.1) is 0 Å². The minimum atomic E-state index is -4.61. The molecule has 2 amide bonds. The molecule has 3 heterocycles. The van der Waals surface area contributed by atoms with Gasteiger partial charge in [-0.1, -0.05) is 0 Å². The lowest BCUT2D eigenvalue weighted by Gasteiger charge is -2.15. The summed E-state index contributed by atoms with van der Waals surface area (Å²) in [5.41, 5.74) is 5.50. The summed E-state index contributed by atoms with van der Waals surface area (Å²) in [4.78, 5) is 28.3. The molecule has 11 heteroatoms. The van der Waals surface area contributed by atoms with E-state index in [1.165, 1.54) is 59.7 Å². The van der Waals surface area contributed by atoms with E-state index >= 15 is 0 Å². The van der Waals surface area contributed by atoms with Gasteiger partial charge in [-0.2, -0.15) is 18.3 Å². The van der Waals surface area contributed by atoms with E-state index in [1.54, 1.807) is 6.07 Å². The second-order valence-electron chi connectivity index (χ2n) is 7.53. The Kier molecular flexibility index (Phi) is 5.16. The van der Waals surface area contributed by atoms with E-state index in [-0.39, 0.29) is 17.5 Å². The lowest BCUT2D eigenvalue weighted by Crippen LogP contribution is -2.41. The Morgan fingerprint density at radius 2 is 1.56 bits per heavy atom. The number of benzene rings is 1. The summed E-state index contributed by atoms with van der Waals surface area (Å²) in [6.45, 7) is 0. The van der Waals surface area contributed by atoms with E-state index in [0.29, 0.717) is 34.7 Å². The fraction of sp³-hybridized carbons (Fsp3) is 0.130. The fourth-order valence-electron chi connectivity index (χ4n) is 3.88. The van der Waals surface area contributed by atoms with Crippen molar-refractivity contribution in [2.45, 2.75) is 19.0 Å². The molecule has 0 spiro atoms. The van der Waals surface area contributed by atoms with Crippen molar-refractivity contribution in [3.8, 4) is 16.9 Å². The third kappa shape index (κ3) is 3.81. The smallest absolute Gasteiger partial charge is 0.435 e. The number of fused-ring (bicyclic) bond motifs is 3. The molecule has 0 bridgehead atoms. The van der Waals surface area contributed by atoms with Crippen LogP contribution in [0.5, 0.6) is 0 Å². The van der Waals surface area contributed by atoms with E-state index in [9.17, 15) is 22.8 Å². The molecule has 0 saturated heterocycles. The molecule has 1 aliphatic carbocycles. The first kappa shape index (κ1) is 21.4. The maximum atomic E-state index is 13.7. The largest absolute Gasteiger partial charge is 0.469 e. The van der Waals surface area contributed by atoms with Crippen molar-refractivity contribution in [2.24, 2.45) is 0 Å². The molecule has 8 nitrogen and oxygen atoms in total. The molecule has 0 radical (unpaired) electrons. The Balaban J connectivity index is 1.40. The van der Waals surface area contributed by atoms with Gasteiger partial charge in [0.05, 0.1) is 17.6 Å². The molecule has 0 fully saturated rings. The van der Waals surface area contributed by atoms with Crippen LogP contribution in [0.2, 0.25) is 0 Å². The highest BCUT2D eigenvalue weighted by molar-refractivity contribution is 5.99. The number of rotatable bonds is 3. The lowest BCUT2D eigenvalue weighted by atomic mass is 9.94. The molecule has 5 rings (SSSR count).